The molecule has 128 valence electrons. The van der Waals surface area contributed by atoms with E-state index in [1.807, 2.05) is 61.5 Å². The summed E-state index contributed by atoms with van der Waals surface area (Å²) in [7, 11) is 0. The van der Waals surface area contributed by atoms with Crippen LogP contribution in [0.5, 0.6) is 11.5 Å². The summed E-state index contributed by atoms with van der Waals surface area (Å²) >= 11 is 6.37. The molecular weight excluding hydrogens is 334 g/mol. The molecule has 0 saturated carbocycles. The Hall–Kier alpha value is -2.59. The van der Waals surface area contributed by atoms with Crippen LogP contribution in [-0.2, 0) is 6.42 Å². The minimum Gasteiger partial charge on any atom is -0.457 e. The van der Waals surface area contributed by atoms with Gasteiger partial charge in [-0.05, 0) is 43.2 Å². The van der Waals surface area contributed by atoms with E-state index >= 15 is 0 Å². The third-order valence-corrected chi connectivity index (χ3v) is 4.28. The van der Waals surface area contributed by atoms with Gasteiger partial charge in [0.25, 0.3) is 0 Å². The van der Waals surface area contributed by atoms with Crippen molar-refractivity contribution >= 4 is 17.4 Å². The van der Waals surface area contributed by atoms with Gasteiger partial charge in [-0.3, -0.25) is 0 Å². The minimum atomic E-state index is 0.0245. The monoisotopic (exact) mass is 353 g/mol. The molecule has 25 heavy (non-hydrogen) atoms. The lowest BCUT2D eigenvalue weighted by Gasteiger charge is -2.17. The van der Waals surface area contributed by atoms with Gasteiger partial charge in [-0.25, -0.2) is 9.97 Å². The first-order chi connectivity index (χ1) is 12.2. The van der Waals surface area contributed by atoms with Crippen molar-refractivity contribution < 1.29 is 4.74 Å². The number of nitrogens with zero attached hydrogens (tertiary/aromatic N) is 2. The highest BCUT2D eigenvalue weighted by Crippen LogP contribution is 2.28. The Bertz CT molecular complexity index is 839. The highest BCUT2D eigenvalue weighted by molar-refractivity contribution is 6.33. The van der Waals surface area contributed by atoms with Gasteiger partial charge < -0.3 is 10.1 Å². The van der Waals surface area contributed by atoms with E-state index in [2.05, 4.69) is 22.2 Å². The Morgan fingerprint density at radius 3 is 2.56 bits per heavy atom. The number of anilines is 1. The number of ether oxygens (including phenoxy) is 1. The fourth-order valence-corrected chi connectivity index (χ4v) is 2.80. The standard InChI is InChI=1S/C20H20ClN3O/c1-3-18-19(21)20(23-13-22-18)24-14(2)15-8-7-11-17(12-15)25-16-9-5-4-6-10-16/h4-14H,3H2,1-2H3,(H,22,23,24). The lowest BCUT2D eigenvalue weighted by molar-refractivity contribution is 0.481. The van der Waals surface area contributed by atoms with Crippen molar-refractivity contribution in [2.75, 3.05) is 5.32 Å². The molecule has 1 aromatic heterocycles. The molecule has 1 atom stereocenters. The van der Waals surface area contributed by atoms with E-state index in [0.717, 1.165) is 29.2 Å². The van der Waals surface area contributed by atoms with E-state index in [4.69, 9.17) is 16.3 Å². The fourth-order valence-electron chi connectivity index (χ4n) is 2.51. The van der Waals surface area contributed by atoms with Gasteiger partial charge in [0, 0.05) is 0 Å². The van der Waals surface area contributed by atoms with Gasteiger partial charge in [-0.2, -0.15) is 0 Å². The number of halogens is 1. The maximum absolute atomic E-state index is 6.37. The van der Waals surface area contributed by atoms with E-state index in [-0.39, 0.29) is 6.04 Å². The molecule has 2 aromatic carbocycles. The number of rotatable bonds is 6. The average molecular weight is 354 g/mol. The maximum Gasteiger partial charge on any atom is 0.148 e. The summed E-state index contributed by atoms with van der Waals surface area (Å²) in [6, 6.07) is 17.7. The maximum atomic E-state index is 6.37. The number of hydrogen-bond donors (Lipinski definition) is 1. The second-order valence-electron chi connectivity index (χ2n) is 5.69. The molecule has 1 heterocycles. The van der Waals surface area contributed by atoms with Gasteiger partial charge in [0.2, 0.25) is 0 Å². The van der Waals surface area contributed by atoms with Crippen molar-refractivity contribution in [3.8, 4) is 11.5 Å². The Balaban J connectivity index is 1.76. The van der Waals surface area contributed by atoms with E-state index < -0.39 is 0 Å². The smallest absolute Gasteiger partial charge is 0.148 e. The normalized spacial score (nSPS) is 11.8. The molecule has 0 bridgehead atoms. The zero-order valence-corrected chi connectivity index (χ0v) is 15.0. The number of para-hydroxylation sites is 1. The van der Waals surface area contributed by atoms with Crippen LogP contribution in [0.2, 0.25) is 5.02 Å². The predicted octanol–water partition coefficient (Wildman–Crippen LogP) is 5.66. The molecule has 0 radical (unpaired) electrons. The molecule has 3 aromatic rings. The van der Waals surface area contributed by atoms with Gasteiger partial charge in [0.05, 0.1) is 11.7 Å². The Labute approximate surface area is 152 Å². The average Bonchev–Trinajstić information content (AvgIpc) is 2.64. The largest absolute Gasteiger partial charge is 0.457 e. The van der Waals surface area contributed by atoms with Gasteiger partial charge >= 0.3 is 0 Å². The SMILES string of the molecule is CCc1ncnc(NC(C)c2cccc(Oc3ccccc3)c2)c1Cl. The van der Waals surface area contributed by atoms with Crippen molar-refractivity contribution in [3.63, 3.8) is 0 Å². The first-order valence-electron chi connectivity index (χ1n) is 8.26. The molecule has 3 rings (SSSR count). The molecule has 0 spiro atoms. The van der Waals surface area contributed by atoms with Crippen LogP contribution in [0.15, 0.2) is 60.9 Å². The minimum absolute atomic E-state index is 0.0245. The van der Waals surface area contributed by atoms with Crippen molar-refractivity contribution in [3.05, 3.63) is 77.2 Å². The molecule has 0 amide bonds. The Morgan fingerprint density at radius 1 is 1.04 bits per heavy atom. The molecule has 0 aliphatic rings. The number of benzene rings is 2. The lowest BCUT2D eigenvalue weighted by Crippen LogP contribution is -2.09. The van der Waals surface area contributed by atoms with E-state index in [0.29, 0.717) is 10.8 Å². The van der Waals surface area contributed by atoms with Crippen LogP contribution in [-0.4, -0.2) is 9.97 Å². The first kappa shape index (κ1) is 17.2. The van der Waals surface area contributed by atoms with E-state index in [9.17, 15) is 0 Å². The third kappa shape index (κ3) is 4.28. The molecule has 0 fully saturated rings. The van der Waals surface area contributed by atoms with Crippen molar-refractivity contribution in [1.29, 1.82) is 0 Å². The Morgan fingerprint density at radius 2 is 1.80 bits per heavy atom. The lowest BCUT2D eigenvalue weighted by atomic mass is 10.1. The quantitative estimate of drug-likeness (QED) is 0.621. The van der Waals surface area contributed by atoms with Crippen LogP contribution in [0.3, 0.4) is 0 Å². The summed E-state index contributed by atoms with van der Waals surface area (Å²) in [5.74, 6) is 2.25. The molecule has 1 N–H and O–H groups in total. The van der Waals surface area contributed by atoms with Crippen LogP contribution in [0.25, 0.3) is 0 Å². The van der Waals surface area contributed by atoms with Gasteiger partial charge in [-0.15, -0.1) is 0 Å². The molecule has 0 aliphatic heterocycles. The van der Waals surface area contributed by atoms with E-state index in [1.54, 1.807) is 0 Å². The van der Waals surface area contributed by atoms with Crippen molar-refractivity contribution in [2.24, 2.45) is 0 Å². The van der Waals surface area contributed by atoms with Gasteiger partial charge in [0.1, 0.15) is 28.7 Å². The van der Waals surface area contributed by atoms with Crippen LogP contribution in [0.4, 0.5) is 5.82 Å². The zero-order valence-electron chi connectivity index (χ0n) is 14.2. The molecule has 4 nitrogen and oxygen atoms in total. The number of nitrogens with one attached hydrogen (secondary N) is 1. The fraction of sp³-hybridized carbons (Fsp3) is 0.200. The van der Waals surface area contributed by atoms with Crippen LogP contribution >= 0.6 is 11.6 Å². The van der Waals surface area contributed by atoms with Crippen LogP contribution in [0, 0.1) is 0 Å². The summed E-state index contributed by atoms with van der Waals surface area (Å²) in [6.45, 7) is 4.08. The van der Waals surface area contributed by atoms with Crippen molar-refractivity contribution in [1.82, 2.24) is 9.97 Å². The number of aromatic nitrogens is 2. The van der Waals surface area contributed by atoms with Gasteiger partial charge in [-0.1, -0.05) is 48.9 Å². The zero-order chi connectivity index (χ0) is 17.6. The summed E-state index contributed by atoms with van der Waals surface area (Å²) in [5, 5.41) is 3.93. The highest BCUT2D eigenvalue weighted by atomic mass is 35.5. The van der Waals surface area contributed by atoms with Crippen LogP contribution in [0.1, 0.15) is 31.1 Å². The third-order valence-electron chi connectivity index (χ3n) is 3.89. The molecular formula is C20H20ClN3O. The van der Waals surface area contributed by atoms with Gasteiger partial charge in [0.15, 0.2) is 0 Å². The summed E-state index contributed by atoms with van der Waals surface area (Å²) in [6.07, 6.45) is 2.31. The molecule has 5 heteroatoms. The first-order valence-corrected chi connectivity index (χ1v) is 8.64. The number of aryl methyl sites for hydroxylation is 1. The molecule has 0 aliphatic carbocycles. The molecule has 1 unspecified atom stereocenters. The Kier molecular flexibility index (Phi) is 5.51. The summed E-state index contributed by atoms with van der Waals surface area (Å²) < 4.78 is 5.90. The summed E-state index contributed by atoms with van der Waals surface area (Å²) in [4.78, 5) is 8.45. The number of hydrogen-bond acceptors (Lipinski definition) is 4. The van der Waals surface area contributed by atoms with Crippen molar-refractivity contribution in [2.45, 2.75) is 26.3 Å². The second kappa shape index (κ2) is 7.99. The summed E-state index contributed by atoms with van der Waals surface area (Å²) in [5.41, 5.74) is 1.92. The van der Waals surface area contributed by atoms with Crippen LogP contribution < -0.4 is 10.1 Å². The van der Waals surface area contributed by atoms with E-state index in [1.165, 1.54) is 6.33 Å². The topological polar surface area (TPSA) is 47.0 Å². The predicted molar refractivity (Wildman–Crippen MR) is 101 cm³/mol. The second-order valence-corrected chi connectivity index (χ2v) is 6.07. The highest BCUT2D eigenvalue weighted by Gasteiger charge is 2.12. The molecule has 0 saturated heterocycles.